The van der Waals surface area contributed by atoms with E-state index in [1.807, 2.05) is 0 Å². The SMILES string of the molecule is CC(=O)N1CC2(CC2)C[C@H]1CC(=O)O. The number of amides is 1. The van der Waals surface area contributed by atoms with Crippen LogP contribution in [0, 0.1) is 5.41 Å². The van der Waals surface area contributed by atoms with Gasteiger partial charge in [-0.2, -0.15) is 0 Å². The highest BCUT2D eigenvalue weighted by Gasteiger charge is 2.52. The molecule has 1 spiro atoms. The Balaban J connectivity index is 2.06. The average Bonchev–Trinajstić information content (AvgIpc) is 2.68. The highest BCUT2D eigenvalue weighted by Crippen LogP contribution is 2.55. The summed E-state index contributed by atoms with van der Waals surface area (Å²) in [5, 5.41) is 8.73. The third-order valence-electron chi connectivity index (χ3n) is 3.39. The quantitative estimate of drug-likeness (QED) is 0.714. The number of hydrogen-bond donors (Lipinski definition) is 1. The van der Waals surface area contributed by atoms with E-state index in [2.05, 4.69) is 0 Å². The second kappa shape index (κ2) is 2.97. The summed E-state index contributed by atoms with van der Waals surface area (Å²) in [4.78, 5) is 23.6. The van der Waals surface area contributed by atoms with E-state index >= 15 is 0 Å². The highest BCUT2D eigenvalue weighted by molar-refractivity contribution is 5.76. The summed E-state index contributed by atoms with van der Waals surface area (Å²) in [6.07, 6.45) is 3.31. The van der Waals surface area contributed by atoms with Gasteiger partial charge in [-0.25, -0.2) is 0 Å². The Bertz CT molecular complexity index is 283. The third kappa shape index (κ3) is 1.61. The summed E-state index contributed by atoms with van der Waals surface area (Å²) in [5.41, 5.74) is 0.297. The zero-order chi connectivity index (χ0) is 10.3. The van der Waals surface area contributed by atoms with Crippen molar-refractivity contribution in [1.29, 1.82) is 0 Å². The van der Waals surface area contributed by atoms with Crippen molar-refractivity contribution in [1.82, 2.24) is 4.90 Å². The molecule has 2 aliphatic rings. The summed E-state index contributed by atoms with van der Waals surface area (Å²) >= 11 is 0. The highest BCUT2D eigenvalue weighted by atomic mass is 16.4. The summed E-state index contributed by atoms with van der Waals surface area (Å²) < 4.78 is 0. The average molecular weight is 197 g/mol. The smallest absolute Gasteiger partial charge is 0.305 e. The minimum atomic E-state index is -0.807. The minimum Gasteiger partial charge on any atom is -0.481 e. The van der Waals surface area contributed by atoms with Crippen LogP contribution in [0.5, 0.6) is 0 Å². The molecule has 14 heavy (non-hydrogen) atoms. The van der Waals surface area contributed by atoms with Crippen LogP contribution in [-0.4, -0.2) is 34.5 Å². The Morgan fingerprint density at radius 1 is 1.50 bits per heavy atom. The maximum atomic E-state index is 11.3. The molecule has 1 saturated carbocycles. The second-order valence-corrected chi connectivity index (χ2v) is 4.60. The molecule has 0 aromatic carbocycles. The van der Waals surface area contributed by atoms with E-state index in [1.54, 1.807) is 4.90 Å². The molecule has 1 heterocycles. The van der Waals surface area contributed by atoms with Gasteiger partial charge in [-0.05, 0) is 24.7 Å². The van der Waals surface area contributed by atoms with Crippen molar-refractivity contribution in [3.8, 4) is 0 Å². The zero-order valence-corrected chi connectivity index (χ0v) is 8.32. The fourth-order valence-electron chi connectivity index (χ4n) is 2.46. The summed E-state index contributed by atoms with van der Waals surface area (Å²) in [6, 6.07) is -0.0625. The first-order valence-corrected chi connectivity index (χ1v) is 5.01. The predicted octanol–water partition coefficient (Wildman–Crippen LogP) is 0.862. The van der Waals surface area contributed by atoms with Gasteiger partial charge in [0.25, 0.3) is 0 Å². The first-order chi connectivity index (χ1) is 6.52. The van der Waals surface area contributed by atoms with Crippen molar-refractivity contribution in [2.45, 2.75) is 38.6 Å². The van der Waals surface area contributed by atoms with Gasteiger partial charge in [-0.1, -0.05) is 0 Å². The van der Waals surface area contributed by atoms with Crippen LogP contribution < -0.4 is 0 Å². The molecule has 78 valence electrons. The molecule has 1 aliphatic heterocycles. The lowest BCUT2D eigenvalue weighted by molar-refractivity contribution is -0.139. The molecule has 4 heteroatoms. The van der Waals surface area contributed by atoms with Crippen molar-refractivity contribution in [2.75, 3.05) is 6.54 Å². The molecule has 0 aromatic rings. The molecule has 2 rings (SSSR count). The van der Waals surface area contributed by atoms with Crippen molar-refractivity contribution < 1.29 is 14.7 Å². The summed E-state index contributed by atoms with van der Waals surface area (Å²) in [5.74, 6) is -0.793. The van der Waals surface area contributed by atoms with Crippen LogP contribution in [0.25, 0.3) is 0 Å². The normalized spacial score (nSPS) is 28.1. The van der Waals surface area contributed by atoms with E-state index in [4.69, 9.17) is 5.11 Å². The van der Waals surface area contributed by atoms with Crippen LogP contribution in [0.15, 0.2) is 0 Å². The van der Waals surface area contributed by atoms with E-state index in [9.17, 15) is 9.59 Å². The lowest BCUT2D eigenvalue weighted by Crippen LogP contribution is -2.35. The number of carboxylic acids is 1. The van der Waals surface area contributed by atoms with Gasteiger partial charge in [0.15, 0.2) is 0 Å². The van der Waals surface area contributed by atoms with Gasteiger partial charge in [-0.3, -0.25) is 9.59 Å². The molecule has 1 atom stereocenters. The number of likely N-dealkylation sites (tertiary alicyclic amines) is 1. The Labute approximate surface area is 82.9 Å². The van der Waals surface area contributed by atoms with Gasteiger partial charge in [0.2, 0.25) is 5.91 Å². The second-order valence-electron chi connectivity index (χ2n) is 4.60. The van der Waals surface area contributed by atoms with Gasteiger partial charge in [0.1, 0.15) is 0 Å². The van der Waals surface area contributed by atoms with E-state index < -0.39 is 5.97 Å². The first kappa shape index (κ1) is 9.49. The van der Waals surface area contributed by atoms with E-state index in [0.717, 1.165) is 25.8 Å². The number of hydrogen-bond acceptors (Lipinski definition) is 2. The molecule has 0 bridgehead atoms. The van der Waals surface area contributed by atoms with Crippen molar-refractivity contribution in [3.63, 3.8) is 0 Å². The fraction of sp³-hybridized carbons (Fsp3) is 0.800. The minimum absolute atomic E-state index is 0.0139. The summed E-state index contributed by atoms with van der Waals surface area (Å²) in [6.45, 7) is 2.30. The maximum absolute atomic E-state index is 11.3. The number of aliphatic carboxylic acids is 1. The Kier molecular flexibility index (Phi) is 2.01. The van der Waals surface area contributed by atoms with E-state index in [0.29, 0.717) is 5.41 Å². The van der Waals surface area contributed by atoms with E-state index in [-0.39, 0.29) is 18.4 Å². The zero-order valence-electron chi connectivity index (χ0n) is 8.32. The van der Waals surface area contributed by atoms with Gasteiger partial charge < -0.3 is 10.0 Å². The molecule has 1 N–H and O–H groups in total. The van der Waals surface area contributed by atoms with Crippen LogP contribution in [0.2, 0.25) is 0 Å². The molecule has 0 radical (unpaired) electrons. The maximum Gasteiger partial charge on any atom is 0.305 e. The number of carbonyl (C=O) groups excluding carboxylic acids is 1. The summed E-state index contributed by atoms with van der Waals surface area (Å²) in [7, 11) is 0. The molecule has 0 unspecified atom stereocenters. The largest absolute Gasteiger partial charge is 0.481 e. The van der Waals surface area contributed by atoms with Gasteiger partial charge in [0, 0.05) is 19.5 Å². The van der Waals surface area contributed by atoms with Crippen molar-refractivity contribution >= 4 is 11.9 Å². The van der Waals surface area contributed by atoms with Crippen LogP contribution in [0.4, 0.5) is 0 Å². The first-order valence-electron chi connectivity index (χ1n) is 5.01. The lowest BCUT2D eigenvalue weighted by Gasteiger charge is -2.21. The van der Waals surface area contributed by atoms with E-state index in [1.165, 1.54) is 6.92 Å². The molecule has 2 fully saturated rings. The fourth-order valence-corrected chi connectivity index (χ4v) is 2.46. The number of carbonyl (C=O) groups is 2. The van der Waals surface area contributed by atoms with Crippen LogP contribution in [0.1, 0.15) is 32.6 Å². The topological polar surface area (TPSA) is 57.6 Å². The Hall–Kier alpha value is -1.06. The van der Waals surface area contributed by atoms with Crippen LogP contribution >= 0.6 is 0 Å². The van der Waals surface area contributed by atoms with Gasteiger partial charge in [0.05, 0.1) is 6.42 Å². The molecule has 0 aromatic heterocycles. The molecule has 1 saturated heterocycles. The number of rotatable bonds is 2. The molecule has 1 amide bonds. The van der Waals surface area contributed by atoms with Crippen molar-refractivity contribution in [2.24, 2.45) is 5.41 Å². The molecule has 4 nitrogen and oxygen atoms in total. The molecular weight excluding hydrogens is 182 g/mol. The number of nitrogens with zero attached hydrogens (tertiary/aromatic N) is 1. The monoisotopic (exact) mass is 197 g/mol. The van der Waals surface area contributed by atoms with Gasteiger partial charge in [-0.15, -0.1) is 0 Å². The predicted molar refractivity (Wildman–Crippen MR) is 49.7 cm³/mol. The Morgan fingerprint density at radius 3 is 2.57 bits per heavy atom. The standard InChI is InChI=1S/C10H15NO3/c1-7(12)11-6-10(2-3-10)5-8(11)4-9(13)14/h8H,2-6H2,1H3,(H,13,14)/t8-/m1/s1. The molecule has 1 aliphatic carbocycles. The Morgan fingerprint density at radius 2 is 2.14 bits per heavy atom. The molecular formula is C10H15NO3. The third-order valence-corrected chi connectivity index (χ3v) is 3.39. The van der Waals surface area contributed by atoms with Crippen LogP contribution in [-0.2, 0) is 9.59 Å². The van der Waals surface area contributed by atoms with Gasteiger partial charge >= 0.3 is 5.97 Å². The van der Waals surface area contributed by atoms with Crippen LogP contribution in [0.3, 0.4) is 0 Å². The van der Waals surface area contributed by atoms with Crippen molar-refractivity contribution in [3.05, 3.63) is 0 Å². The number of carboxylic acid groups (broad SMARTS) is 1. The lowest BCUT2D eigenvalue weighted by atomic mass is 10.0.